The third-order valence-electron chi connectivity index (χ3n) is 6.39. The molecule has 2 heterocycles. The number of carbonyl (C=O) groups is 1. The molecule has 1 aromatic carbocycles. The molecule has 1 amide bonds. The minimum atomic E-state index is -4.43. The van der Waals surface area contributed by atoms with Crippen molar-refractivity contribution in [2.24, 2.45) is 5.92 Å². The van der Waals surface area contributed by atoms with Crippen molar-refractivity contribution in [1.82, 2.24) is 24.8 Å². The van der Waals surface area contributed by atoms with Gasteiger partial charge in [-0.05, 0) is 32.0 Å². The predicted octanol–water partition coefficient (Wildman–Crippen LogP) is 2.95. The molecule has 1 aliphatic rings. The first-order valence-corrected chi connectivity index (χ1v) is 11.8. The molecule has 0 aliphatic carbocycles. The Balaban J connectivity index is 1.81. The minimum absolute atomic E-state index is 0.0631. The number of nitrogens with zero attached hydrogens (tertiary/aromatic N) is 5. The van der Waals surface area contributed by atoms with Crippen molar-refractivity contribution in [2.75, 3.05) is 26.7 Å². The summed E-state index contributed by atoms with van der Waals surface area (Å²) in [5.74, 6) is -0.205. The Morgan fingerprint density at radius 2 is 2.06 bits per heavy atom. The molecule has 0 radical (unpaired) electrons. The van der Waals surface area contributed by atoms with Crippen LogP contribution in [0.2, 0.25) is 0 Å². The quantitative estimate of drug-likeness (QED) is 0.661. The van der Waals surface area contributed by atoms with E-state index in [4.69, 9.17) is 4.74 Å². The van der Waals surface area contributed by atoms with Gasteiger partial charge < -0.3 is 14.7 Å². The largest absolute Gasteiger partial charge is 0.416 e. The van der Waals surface area contributed by atoms with Crippen molar-refractivity contribution < 1.29 is 27.8 Å². The van der Waals surface area contributed by atoms with Crippen molar-refractivity contribution in [3.63, 3.8) is 0 Å². The first-order valence-electron chi connectivity index (χ1n) is 11.8. The van der Waals surface area contributed by atoms with Gasteiger partial charge in [0, 0.05) is 38.5 Å². The zero-order valence-electron chi connectivity index (χ0n) is 20.4. The lowest BCUT2D eigenvalue weighted by atomic mass is 10.0. The number of rotatable bonds is 6. The zero-order valence-corrected chi connectivity index (χ0v) is 20.4. The van der Waals surface area contributed by atoms with Crippen molar-refractivity contribution in [1.29, 1.82) is 0 Å². The number of carbonyl (C=O) groups excluding carboxylic acids is 1. The molecule has 1 N–H and O–H groups in total. The lowest BCUT2D eigenvalue weighted by Gasteiger charge is -2.35. The summed E-state index contributed by atoms with van der Waals surface area (Å²) in [6, 6.07) is 5.20. The average molecular weight is 498 g/mol. The standard InChI is InChI=1S/C24H34F3N5O3/c1-17-12-31(18(2)15-33)23(34)9-6-10-32-20(11-28-29-32)16-35-22(17)14-30(3)13-19-7-4-5-8-21(19)24(25,26)27/h4-5,7-8,11,17-18,22,33H,6,9-10,12-16H2,1-3H3/t17-,18-,22-/m0/s1. The van der Waals surface area contributed by atoms with Gasteiger partial charge in [-0.1, -0.05) is 30.3 Å². The summed E-state index contributed by atoms with van der Waals surface area (Å²) in [6.07, 6.45) is -2.29. The molecule has 0 spiro atoms. The molecule has 0 fully saturated rings. The van der Waals surface area contributed by atoms with Crippen LogP contribution < -0.4 is 0 Å². The lowest BCUT2D eigenvalue weighted by Crippen LogP contribution is -2.47. The highest BCUT2D eigenvalue weighted by Gasteiger charge is 2.33. The molecule has 0 saturated carbocycles. The molecule has 3 rings (SSSR count). The number of halogens is 3. The molecule has 2 aromatic rings. The van der Waals surface area contributed by atoms with E-state index >= 15 is 0 Å². The fraction of sp³-hybridized carbons (Fsp3) is 0.625. The molecule has 3 atom stereocenters. The number of likely N-dealkylation sites (N-methyl/N-ethyl adjacent to an activating group) is 1. The van der Waals surface area contributed by atoms with E-state index in [0.29, 0.717) is 32.5 Å². The summed E-state index contributed by atoms with van der Waals surface area (Å²) in [5.41, 5.74) is 0.320. The number of aromatic nitrogens is 3. The number of hydrogen-bond acceptors (Lipinski definition) is 6. The van der Waals surface area contributed by atoms with Crippen molar-refractivity contribution >= 4 is 5.91 Å². The smallest absolute Gasteiger partial charge is 0.394 e. The number of benzene rings is 1. The number of aliphatic hydroxyl groups excluding tert-OH is 1. The predicted molar refractivity (Wildman–Crippen MR) is 123 cm³/mol. The van der Waals surface area contributed by atoms with Crippen LogP contribution in [0.4, 0.5) is 13.2 Å². The topological polar surface area (TPSA) is 83.7 Å². The molecule has 11 heteroatoms. The van der Waals surface area contributed by atoms with Gasteiger partial charge in [0.2, 0.25) is 5.91 Å². The van der Waals surface area contributed by atoms with Crippen LogP contribution in [-0.2, 0) is 35.4 Å². The van der Waals surface area contributed by atoms with Gasteiger partial charge in [-0.2, -0.15) is 13.2 Å². The molecule has 0 saturated heterocycles. The van der Waals surface area contributed by atoms with Gasteiger partial charge in [-0.3, -0.25) is 9.69 Å². The highest BCUT2D eigenvalue weighted by Crippen LogP contribution is 2.32. The number of amides is 1. The summed E-state index contributed by atoms with van der Waals surface area (Å²) in [4.78, 5) is 16.4. The van der Waals surface area contributed by atoms with E-state index in [1.807, 2.05) is 6.92 Å². The van der Waals surface area contributed by atoms with Crippen molar-refractivity contribution in [3.05, 3.63) is 47.3 Å². The second-order valence-corrected chi connectivity index (χ2v) is 9.31. The third-order valence-corrected chi connectivity index (χ3v) is 6.39. The van der Waals surface area contributed by atoms with Gasteiger partial charge in [0.25, 0.3) is 0 Å². The van der Waals surface area contributed by atoms with Crippen LogP contribution in [-0.4, -0.2) is 74.7 Å². The van der Waals surface area contributed by atoms with E-state index in [1.54, 1.807) is 40.7 Å². The Labute approximate surface area is 203 Å². The van der Waals surface area contributed by atoms with Gasteiger partial charge in [0.15, 0.2) is 0 Å². The van der Waals surface area contributed by atoms with E-state index in [-0.39, 0.29) is 49.3 Å². The summed E-state index contributed by atoms with van der Waals surface area (Å²) in [7, 11) is 1.75. The van der Waals surface area contributed by atoms with Gasteiger partial charge in [-0.25, -0.2) is 4.68 Å². The monoisotopic (exact) mass is 497 g/mol. The second-order valence-electron chi connectivity index (χ2n) is 9.31. The number of aliphatic hydroxyl groups is 1. The normalized spacial score (nSPS) is 21.4. The fourth-order valence-electron chi connectivity index (χ4n) is 4.34. The van der Waals surface area contributed by atoms with Crippen LogP contribution in [0.25, 0.3) is 0 Å². The number of alkyl halides is 3. The Morgan fingerprint density at radius 1 is 1.31 bits per heavy atom. The van der Waals surface area contributed by atoms with E-state index < -0.39 is 11.7 Å². The molecular formula is C24H34F3N5O3. The molecule has 1 aromatic heterocycles. The maximum Gasteiger partial charge on any atom is 0.416 e. The summed E-state index contributed by atoms with van der Waals surface area (Å²) in [6.45, 7) is 5.16. The van der Waals surface area contributed by atoms with Crippen molar-refractivity contribution in [3.8, 4) is 0 Å². The fourth-order valence-corrected chi connectivity index (χ4v) is 4.34. The zero-order chi connectivity index (χ0) is 25.6. The van der Waals surface area contributed by atoms with E-state index in [1.165, 1.54) is 12.1 Å². The first-order chi connectivity index (χ1) is 16.6. The Kier molecular flexibility index (Phi) is 9.26. The third kappa shape index (κ3) is 7.25. The van der Waals surface area contributed by atoms with Crippen LogP contribution in [0.5, 0.6) is 0 Å². The van der Waals surface area contributed by atoms with Gasteiger partial charge in [0.05, 0.1) is 42.8 Å². The molecular weight excluding hydrogens is 463 g/mol. The highest BCUT2D eigenvalue weighted by molar-refractivity contribution is 5.76. The highest BCUT2D eigenvalue weighted by atomic mass is 19.4. The molecule has 8 nitrogen and oxygen atoms in total. The minimum Gasteiger partial charge on any atom is -0.394 e. The number of aryl methyl sites for hydroxylation is 1. The molecule has 194 valence electrons. The summed E-state index contributed by atoms with van der Waals surface area (Å²) >= 11 is 0. The maximum absolute atomic E-state index is 13.5. The Bertz CT molecular complexity index is 968. The van der Waals surface area contributed by atoms with E-state index in [0.717, 1.165) is 11.8 Å². The van der Waals surface area contributed by atoms with Crippen LogP contribution in [0.1, 0.15) is 43.5 Å². The molecule has 0 bridgehead atoms. The van der Waals surface area contributed by atoms with Crippen LogP contribution in [0.3, 0.4) is 0 Å². The van der Waals surface area contributed by atoms with E-state index in [9.17, 15) is 23.1 Å². The van der Waals surface area contributed by atoms with E-state index in [2.05, 4.69) is 10.3 Å². The number of hydrogen-bond donors (Lipinski definition) is 1. The second kappa shape index (κ2) is 12.0. The average Bonchev–Trinajstić information content (AvgIpc) is 3.25. The van der Waals surface area contributed by atoms with Gasteiger partial charge in [-0.15, -0.1) is 5.10 Å². The Hall–Kier alpha value is -2.50. The molecule has 1 aliphatic heterocycles. The summed E-state index contributed by atoms with van der Waals surface area (Å²) in [5, 5.41) is 17.7. The maximum atomic E-state index is 13.5. The molecule has 35 heavy (non-hydrogen) atoms. The number of fused-ring (bicyclic) bond motifs is 1. The Morgan fingerprint density at radius 3 is 2.77 bits per heavy atom. The summed E-state index contributed by atoms with van der Waals surface area (Å²) < 4.78 is 48.3. The van der Waals surface area contributed by atoms with Gasteiger partial charge in [0.1, 0.15) is 0 Å². The first kappa shape index (κ1) is 27.1. The molecule has 0 unspecified atom stereocenters. The van der Waals surface area contributed by atoms with Gasteiger partial charge >= 0.3 is 6.18 Å². The SMILES string of the molecule is C[C@H]1CN([C@@H](C)CO)C(=O)CCCn2nncc2CO[C@H]1CN(C)Cc1ccccc1C(F)(F)F. The number of ether oxygens (including phenoxy) is 1. The lowest BCUT2D eigenvalue weighted by molar-refractivity contribution is -0.138. The van der Waals surface area contributed by atoms with Crippen LogP contribution >= 0.6 is 0 Å². The van der Waals surface area contributed by atoms with Crippen molar-refractivity contribution in [2.45, 2.75) is 64.7 Å². The van der Waals surface area contributed by atoms with Crippen LogP contribution in [0.15, 0.2) is 30.5 Å². The van der Waals surface area contributed by atoms with Crippen LogP contribution in [0, 0.1) is 5.92 Å².